The highest BCUT2D eigenvalue weighted by Gasteiger charge is 2.07. The van der Waals surface area contributed by atoms with Crippen molar-refractivity contribution in [2.24, 2.45) is 7.05 Å². The molecule has 0 unspecified atom stereocenters. The first-order valence-corrected chi connectivity index (χ1v) is 6.64. The Balaban J connectivity index is 2.30. The first kappa shape index (κ1) is 12.4. The highest BCUT2D eigenvalue weighted by Crippen LogP contribution is 2.33. The molecule has 0 spiro atoms. The quantitative estimate of drug-likeness (QED) is 0.814. The molecule has 0 bridgehead atoms. The summed E-state index contributed by atoms with van der Waals surface area (Å²) < 4.78 is 2.77. The smallest absolute Gasteiger partial charge is 0.150 e. The average molecular weight is 311 g/mol. The van der Waals surface area contributed by atoms with E-state index < -0.39 is 0 Å². The van der Waals surface area contributed by atoms with E-state index in [1.54, 1.807) is 11.8 Å². The van der Waals surface area contributed by atoms with Crippen molar-refractivity contribution < 1.29 is 4.79 Å². The van der Waals surface area contributed by atoms with E-state index in [1.807, 2.05) is 42.9 Å². The lowest BCUT2D eigenvalue weighted by Crippen LogP contribution is -1.92. The molecule has 0 aliphatic heterocycles. The van der Waals surface area contributed by atoms with Gasteiger partial charge in [0.05, 0.1) is 10.7 Å². The van der Waals surface area contributed by atoms with Gasteiger partial charge in [-0.25, -0.2) is 0 Å². The molecule has 3 nitrogen and oxygen atoms in total. The fraction of sp³-hybridized carbons (Fsp3) is 0.167. The minimum atomic E-state index is 0.669. The molecule has 2 rings (SSSR count). The number of halogens is 1. The molecule has 0 atom stereocenters. The standard InChI is InChI=1S/C12H11BrN2OS/c1-8-5-12(15(2)14-8)17-11-4-3-9(7-16)6-10(11)13/h3-7H,1-2H3. The minimum Gasteiger partial charge on any atom is -0.298 e. The summed E-state index contributed by atoms with van der Waals surface area (Å²) in [5, 5.41) is 5.37. The summed E-state index contributed by atoms with van der Waals surface area (Å²) in [6.07, 6.45) is 0.841. The van der Waals surface area contributed by atoms with Crippen LogP contribution in [-0.4, -0.2) is 16.1 Å². The molecule has 1 heterocycles. The van der Waals surface area contributed by atoms with E-state index in [4.69, 9.17) is 0 Å². The number of nitrogens with zero attached hydrogens (tertiary/aromatic N) is 2. The maximum Gasteiger partial charge on any atom is 0.150 e. The van der Waals surface area contributed by atoms with Gasteiger partial charge in [-0.2, -0.15) is 5.10 Å². The topological polar surface area (TPSA) is 34.9 Å². The van der Waals surface area contributed by atoms with E-state index in [0.29, 0.717) is 5.56 Å². The van der Waals surface area contributed by atoms with Crippen molar-refractivity contribution in [3.05, 3.63) is 40.0 Å². The Labute approximate surface area is 112 Å². The van der Waals surface area contributed by atoms with Gasteiger partial charge >= 0.3 is 0 Å². The maximum absolute atomic E-state index is 10.6. The third-order valence-electron chi connectivity index (χ3n) is 2.27. The van der Waals surface area contributed by atoms with Crippen LogP contribution in [0.2, 0.25) is 0 Å². The van der Waals surface area contributed by atoms with Crippen LogP contribution in [0.5, 0.6) is 0 Å². The van der Waals surface area contributed by atoms with Gasteiger partial charge < -0.3 is 0 Å². The summed E-state index contributed by atoms with van der Waals surface area (Å²) in [4.78, 5) is 11.7. The second kappa shape index (κ2) is 5.06. The van der Waals surface area contributed by atoms with Crippen molar-refractivity contribution in [3.63, 3.8) is 0 Å². The molecule has 88 valence electrons. The summed E-state index contributed by atoms with van der Waals surface area (Å²) in [6.45, 7) is 1.97. The van der Waals surface area contributed by atoms with Gasteiger partial charge in [0, 0.05) is 22.0 Å². The average Bonchev–Trinajstić information content (AvgIpc) is 2.60. The monoisotopic (exact) mass is 310 g/mol. The lowest BCUT2D eigenvalue weighted by atomic mass is 10.2. The molecule has 0 N–H and O–H groups in total. The van der Waals surface area contributed by atoms with Gasteiger partial charge in [-0.15, -0.1) is 0 Å². The van der Waals surface area contributed by atoms with Gasteiger partial charge in [-0.3, -0.25) is 9.48 Å². The van der Waals surface area contributed by atoms with Gasteiger partial charge in [0.15, 0.2) is 0 Å². The third-order valence-corrected chi connectivity index (χ3v) is 4.35. The molecule has 0 fully saturated rings. The highest BCUT2D eigenvalue weighted by molar-refractivity contribution is 9.10. The van der Waals surface area contributed by atoms with Crippen LogP contribution < -0.4 is 0 Å². The molecule has 0 radical (unpaired) electrons. The second-order valence-electron chi connectivity index (χ2n) is 3.66. The second-order valence-corrected chi connectivity index (χ2v) is 5.57. The first-order chi connectivity index (χ1) is 8.10. The van der Waals surface area contributed by atoms with E-state index >= 15 is 0 Å². The highest BCUT2D eigenvalue weighted by atomic mass is 79.9. The molecule has 1 aromatic carbocycles. The van der Waals surface area contributed by atoms with Gasteiger partial charge in [-0.1, -0.05) is 17.8 Å². The van der Waals surface area contributed by atoms with Crippen molar-refractivity contribution in [2.75, 3.05) is 0 Å². The molecule has 0 aliphatic rings. The lowest BCUT2D eigenvalue weighted by molar-refractivity contribution is 0.112. The fourth-order valence-corrected chi connectivity index (χ4v) is 3.03. The lowest BCUT2D eigenvalue weighted by Gasteiger charge is -2.04. The Morgan fingerprint density at radius 1 is 1.41 bits per heavy atom. The number of aryl methyl sites for hydroxylation is 2. The van der Waals surface area contributed by atoms with E-state index in [9.17, 15) is 4.79 Å². The van der Waals surface area contributed by atoms with Crippen molar-refractivity contribution in [1.29, 1.82) is 0 Å². The van der Waals surface area contributed by atoms with Crippen LogP contribution in [0.4, 0.5) is 0 Å². The van der Waals surface area contributed by atoms with Gasteiger partial charge in [-0.05, 0) is 41.1 Å². The molecule has 5 heteroatoms. The molecule has 17 heavy (non-hydrogen) atoms. The molecule has 2 aromatic rings. The molecular weight excluding hydrogens is 300 g/mol. The van der Waals surface area contributed by atoms with Crippen LogP contribution >= 0.6 is 27.7 Å². The number of carbonyl (C=O) groups is 1. The van der Waals surface area contributed by atoms with Crippen molar-refractivity contribution in [2.45, 2.75) is 16.8 Å². The number of rotatable bonds is 3. The first-order valence-electron chi connectivity index (χ1n) is 5.03. The predicted octanol–water partition coefficient (Wildman–Crippen LogP) is 3.45. The number of aldehydes is 1. The van der Waals surface area contributed by atoms with Crippen molar-refractivity contribution in [1.82, 2.24) is 9.78 Å². The number of hydrogen-bond acceptors (Lipinski definition) is 3. The Hall–Kier alpha value is -1.07. The van der Waals surface area contributed by atoms with E-state index in [0.717, 1.165) is 26.4 Å². The SMILES string of the molecule is Cc1cc(Sc2ccc(C=O)cc2Br)n(C)n1. The van der Waals surface area contributed by atoms with Crippen LogP contribution in [0.25, 0.3) is 0 Å². The van der Waals surface area contributed by atoms with E-state index in [2.05, 4.69) is 21.0 Å². The maximum atomic E-state index is 10.6. The Bertz CT molecular complexity index is 566. The fourth-order valence-electron chi connectivity index (χ4n) is 1.47. The molecular formula is C12H11BrN2OS. The normalized spacial score (nSPS) is 10.5. The van der Waals surface area contributed by atoms with Gasteiger partial charge in [0.1, 0.15) is 6.29 Å². The zero-order valence-electron chi connectivity index (χ0n) is 9.48. The van der Waals surface area contributed by atoms with Crippen LogP contribution in [0.1, 0.15) is 16.1 Å². The zero-order chi connectivity index (χ0) is 12.4. The summed E-state index contributed by atoms with van der Waals surface area (Å²) in [7, 11) is 1.92. The predicted molar refractivity (Wildman–Crippen MR) is 71.6 cm³/mol. The number of benzene rings is 1. The van der Waals surface area contributed by atoms with Crippen LogP contribution in [0, 0.1) is 6.92 Å². The van der Waals surface area contributed by atoms with Crippen molar-refractivity contribution >= 4 is 34.0 Å². The molecule has 0 aliphatic carbocycles. The summed E-state index contributed by atoms with van der Waals surface area (Å²) in [6, 6.07) is 7.59. The molecule has 0 saturated carbocycles. The summed E-state index contributed by atoms with van der Waals surface area (Å²) in [5.74, 6) is 0. The van der Waals surface area contributed by atoms with Crippen LogP contribution in [0.3, 0.4) is 0 Å². The molecule has 1 aromatic heterocycles. The Morgan fingerprint density at radius 2 is 2.18 bits per heavy atom. The van der Waals surface area contributed by atoms with Crippen LogP contribution in [-0.2, 0) is 7.05 Å². The van der Waals surface area contributed by atoms with Gasteiger partial charge in [0.2, 0.25) is 0 Å². The minimum absolute atomic E-state index is 0.669. The molecule has 0 amide bonds. The van der Waals surface area contributed by atoms with E-state index in [1.165, 1.54) is 0 Å². The van der Waals surface area contributed by atoms with Gasteiger partial charge in [0.25, 0.3) is 0 Å². The summed E-state index contributed by atoms with van der Waals surface area (Å²) in [5.41, 5.74) is 1.66. The Morgan fingerprint density at radius 3 is 2.71 bits per heavy atom. The number of hydrogen-bond donors (Lipinski definition) is 0. The summed E-state index contributed by atoms with van der Waals surface area (Å²) >= 11 is 5.09. The largest absolute Gasteiger partial charge is 0.298 e. The zero-order valence-corrected chi connectivity index (χ0v) is 11.9. The number of aromatic nitrogens is 2. The van der Waals surface area contributed by atoms with Crippen molar-refractivity contribution in [3.8, 4) is 0 Å². The Kier molecular flexibility index (Phi) is 3.69. The van der Waals surface area contributed by atoms with Crippen LogP contribution in [0.15, 0.2) is 38.7 Å². The van der Waals surface area contributed by atoms with E-state index in [-0.39, 0.29) is 0 Å². The number of carbonyl (C=O) groups excluding carboxylic acids is 1. The molecule has 0 saturated heterocycles. The third kappa shape index (κ3) is 2.79.